The summed E-state index contributed by atoms with van der Waals surface area (Å²) in [6.07, 6.45) is 12.7. The zero-order chi connectivity index (χ0) is 62.3. The van der Waals surface area contributed by atoms with Gasteiger partial charge in [0.1, 0.15) is 11.5 Å². The van der Waals surface area contributed by atoms with Gasteiger partial charge in [0.25, 0.3) is 12.9 Å². The number of aromatic nitrogens is 12. The summed E-state index contributed by atoms with van der Waals surface area (Å²) in [6, 6.07) is 50.3. The van der Waals surface area contributed by atoms with Crippen LogP contribution in [0.1, 0.15) is 20.7 Å². The number of pyridine rings is 8. The predicted molar refractivity (Wildman–Crippen MR) is 312 cm³/mol. The minimum Gasteiger partial charge on any atom is -0.478 e. The number of fused-ring (bicyclic) bond motifs is 2. The van der Waals surface area contributed by atoms with Crippen LogP contribution < -0.4 is 19.4 Å². The molecule has 20 nitrogen and oxygen atoms in total. The van der Waals surface area contributed by atoms with Crippen LogP contribution in [-0.2, 0) is 48.5 Å². The Kier molecular flexibility index (Phi) is 36.2. The van der Waals surface area contributed by atoms with Crippen molar-refractivity contribution in [2.75, 3.05) is 0 Å². The Morgan fingerprint density at radius 3 is 0.920 bits per heavy atom. The molecule has 452 valence electrons. The second-order valence-electron chi connectivity index (χ2n) is 15.6. The number of carboxylic acid groups (broad SMARTS) is 2. The van der Waals surface area contributed by atoms with Crippen molar-refractivity contribution in [2.45, 2.75) is 0 Å². The Labute approximate surface area is 526 Å². The van der Waals surface area contributed by atoms with Gasteiger partial charge >= 0.3 is 50.9 Å². The second-order valence-corrected chi connectivity index (χ2v) is 15.6. The normalized spacial score (nSPS) is 9.23. The molecule has 0 aliphatic rings. The number of hydrogen-bond donors (Lipinski definition) is 2. The number of carbonyl (C=O) groups excluding carboxylic acids is 2. The largest absolute Gasteiger partial charge is 1.00 e. The summed E-state index contributed by atoms with van der Waals surface area (Å²) >= 11 is 0. The summed E-state index contributed by atoms with van der Waals surface area (Å²) < 4.78 is 57.4. The number of nitrogens with zero attached hydrogens (tertiary/aromatic N) is 12. The number of carbonyl (C=O) groups is 4. The summed E-state index contributed by atoms with van der Waals surface area (Å²) in [7, 11) is 4.67. The molecule has 10 heterocycles. The molecule has 30 heteroatoms. The van der Waals surface area contributed by atoms with Crippen molar-refractivity contribution in [3.05, 3.63) is 231 Å². The number of carboxylic acids is 2. The molecule has 2 aromatic carbocycles. The first-order valence-corrected chi connectivity index (χ1v) is 26.6. The molecule has 0 spiro atoms. The molecule has 2 radical (unpaired) electrons. The zero-order valence-electron chi connectivity index (χ0n) is 44.8. The van der Waals surface area contributed by atoms with Gasteiger partial charge in [0.15, 0.2) is 0 Å². The van der Waals surface area contributed by atoms with Gasteiger partial charge in [-0.15, -0.1) is 17.9 Å². The third-order valence-electron chi connectivity index (χ3n) is 10.4. The minimum absolute atomic E-state index is 0. The fourth-order valence-electron chi connectivity index (χ4n) is 6.84. The molecule has 2 atom stereocenters. The smallest absolute Gasteiger partial charge is 0.478 e. The molecule has 0 saturated carbocycles. The Morgan fingerprint density at radius 2 is 0.648 bits per heavy atom. The first-order valence-electron chi connectivity index (χ1n) is 24.0. The van der Waals surface area contributed by atoms with Crippen LogP contribution in [0, 0.1) is 0 Å². The van der Waals surface area contributed by atoms with Gasteiger partial charge < -0.3 is 39.6 Å². The van der Waals surface area contributed by atoms with Crippen molar-refractivity contribution in [1.29, 1.82) is 0 Å². The standard InChI is InChI=1S/C14H8N4.2C12H8N2O4.2C10H8N2.3F2.H4P2.2Ru/c1-2-6-10-9(5-1)15-13(16-10)14-17-11-7-3-4-8-12(11)18-14;2*15-7-18-9-2-4-14-11(6-9)10-5-8(12(16)17)1-3-13-10;2*1-3-7-11-9(5-1)10-6-2-4-8-12-10;4*1-2;;/h1-8H;2*1-7H,(H,16,17);2*1-8H;;;;1-2H2;;/q-2;;;;;;;;;2*+1. The molecule has 0 fully saturated rings. The van der Waals surface area contributed by atoms with Crippen LogP contribution in [0.15, 0.2) is 219 Å². The summed E-state index contributed by atoms with van der Waals surface area (Å²) in [6.45, 7) is 0.612. The van der Waals surface area contributed by atoms with Gasteiger partial charge in [-0.3, -0.25) is 49.5 Å². The number of hydrogen-bond acceptors (Lipinski definition) is 16. The Balaban J connectivity index is 0.000000365. The van der Waals surface area contributed by atoms with Gasteiger partial charge in [-0.05, 0) is 107 Å². The summed E-state index contributed by atoms with van der Waals surface area (Å²) in [5, 5.41) is 17.8. The predicted octanol–water partition coefficient (Wildman–Crippen LogP) is 12.6. The third kappa shape index (κ3) is 23.9. The molecule has 0 saturated heterocycles. The number of benzene rings is 2. The monoisotopic (exact) mass is 1420 g/mol. The van der Waals surface area contributed by atoms with E-state index in [0.717, 1.165) is 44.8 Å². The first kappa shape index (κ1) is 74.2. The van der Waals surface area contributed by atoms with Gasteiger partial charge in [0, 0.05) is 89.2 Å². The number of halogens is 6. The van der Waals surface area contributed by atoms with Crippen LogP contribution in [0.25, 0.3) is 79.3 Å². The maximum atomic E-state index is 10.8. The van der Waals surface area contributed by atoms with E-state index in [1.807, 2.05) is 121 Å². The fraction of sp³-hybridized carbons (Fsp3) is 0. The van der Waals surface area contributed by atoms with Crippen molar-refractivity contribution in [2.24, 2.45) is 0 Å². The van der Waals surface area contributed by atoms with Gasteiger partial charge in [-0.2, -0.15) is 0 Å². The molecule has 2 unspecified atom stereocenters. The second kappa shape index (κ2) is 42.9. The topological polar surface area (TPSA) is 284 Å². The molecule has 10 aromatic heterocycles. The molecule has 0 aliphatic carbocycles. The molecule has 0 amide bonds. The average Bonchev–Trinajstić information content (AvgIpc) is 2.20. The minimum atomic E-state index is -1.04. The van der Waals surface area contributed by atoms with E-state index in [4.69, 9.17) is 37.7 Å². The maximum Gasteiger partial charge on any atom is 1.00 e. The summed E-state index contributed by atoms with van der Waals surface area (Å²) in [5.74, 6) is -0.271. The molecule has 0 bridgehead atoms. The van der Waals surface area contributed by atoms with E-state index >= 15 is 0 Å². The van der Waals surface area contributed by atoms with Crippen molar-refractivity contribution in [3.63, 3.8) is 0 Å². The first-order chi connectivity index (χ1) is 42.2. The van der Waals surface area contributed by atoms with Crippen LogP contribution in [0.4, 0.5) is 27.4 Å². The van der Waals surface area contributed by atoms with E-state index in [1.54, 1.807) is 24.8 Å². The number of para-hydroxylation sites is 4. The van der Waals surface area contributed by atoms with E-state index < -0.39 is 11.9 Å². The van der Waals surface area contributed by atoms with Crippen LogP contribution in [0.5, 0.6) is 11.5 Å². The number of aromatic carboxylic acids is 2. The quantitative estimate of drug-likeness (QED) is 0.0526. The Morgan fingerprint density at radius 1 is 0.375 bits per heavy atom. The zero-order valence-corrected chi connectivity index (χ0v) is 50.6. The van der Waals surface area contributed by atoms with Crippen LogP contribution in [0.2, 0.25) is 0 Å². The summed E-state index contributed by atoms with van der Waals surface area (Å²) in [5.41, 5.74) is 9.04. The van der Waals surface area contributed by atoms with Gasteiger partial charge in [-0.1, -0.05) is 84.4 Å². The van der Waals surface area contributed by atoms with Gasteiger partial charge in [-0.25, -0.2) is 9.59 Å². The Hall–Kier alpha value is -9.85. The number of imidazole rings is 2. The molecule has 12 rings (SSSR count). The molecule has 88 heavy (non-hydrogen) atoms. The molecule has 12 aromatic rings. The molecule has 2 N–H and O–H groups in total. The van der Waals surface area contributed by atoms with Crippen LogP contribution in [-0.4, -0.2) is 84.9 Å². The average molecular weight is 1420 g/mol. The van der Waals surface area contributed by atoms with Gasteiger partial charge in [0.2, 0.25) is 0 Å². The van der Waals surface area contributed by atoms with Crippen LogP contribution in [0.3, 0.4) is 0 Å². The van der Waals surface area contributed by atoms with E-state index in [2.05, 4.69) is 87.1 Å². The van der Waals surface area contributed by atoms with Crippen LogP contribution >= 0.6 is 17.9 Å². The SMILES string of the molecule is FF.FF.FF.O=COc1ccnc(-c2cc(C(=O)O)ccn2)c1.O=COc1ccnc(-c2cc(C(=O)O)ccn2)c1.PP.[Ru+].[Ru+].c1ccc(-c2ccccn2)nc1.c1ccc(-c2ccccn2)nc1.c1ccc2[n-]c(-c3nc4ccccc4[n-]3)nc2c1. The van der Waals surface area contributed by atoms with Crippen molar-refractivity contribution >= 4 is 64.8 Å². The van der Waals surface area contributed by atoms with E-state index in [0.29, 0.717) is 58.9 Å². The number of ether oxygens (including phenoxy) is 2. The van der Waals surface area contributed by atoms with Crippen molar-refractivity contribution < 1.29 is 105 Å². The van der Waals surface area contributed by atoms with Crippen molar-refractivity contribution in [3.8, 4) is 68.7 Å². The fourth-order valence-corrected chi connectivity index (χ4v) is 6.84. The van der Waals surface area contributed by atoms with E-state index in [1.165, 1.54) is 73.3 Å². The molecular weight excluding hydrogens is 1370 g/mol. The van der Waals surface area contributed by atoms with E-state index in [-0.39, 0.29) is 50.1 Å². The Bertz CT molecular complexity index is 3550. The molecular formula is C58H44F6N12O8P2Ru2. The van der Waals surface area contributed by atoms with E-state index in [9.17, 15) is 19.2 Å². The molecule has 0 aliphatic heterocycles. The maximum absolute atomic E-state index is 10.8. The van der Waals surface area contributed by atoms with Crippen molar-refractivity contribution in [1.82, 2.24) is 59.8 Å². The van der Waals surface area contributed by atoms with Gasteiger partial charge in [0.05, 0.1) is 56.7 Å². The summed E-state index contributed by atoms with van der Waals surface area (Å²) in [4.78, 5) is 92.8. The third-order valence-corrected chi connectivity index (χ3v) is 10.4. The number of rotatable bonds is 11.